The molecule has 0 rings (SSSR count). The number of amides is 2. The maximum absolute atomic E-state index is 12.2. The molecule has 152 valence electrons. The van der Waals surface area contributed by atoms with Crippen LogP contribution in [0, 0.1) is 5.92 Å². The van der Waals surface area contributed by atoms with Crippen LogP contribution >= 0.6 is 0 Å². The molecule has 26 heavy (non-hydrogen) atoms. The van der Waals surface area contributed by atoms with Crippen molar-refractivity contribution < 1.29 is 19.5 Å². The molecule has 0 fully saturated rings. The van der Waals surface area contributed by atoms with E-state index in [4.69, 9.17) is 0 Å². The van der Waals surface area contributed by atoms with Gasteiger partial charge in [0.2, 0.25) is 11.8 Å². The van der Waals surface area contributed by atoms with Crippen LogP contribution in [0.3, 0.4) is 0 Å². The normalized spacial score (nSPS) is 14.8. The van der Waals surface area contributed by atoms with Gasteiger partial charge in [0.05, 0.1) is 6.04 Å². The lowest BCUT2D eigenvalue weighted by molar-refractivity contribution is -0.142. The molecule has 3 atom stereocenters. The third-order valence-corrected chi connectivity index (χ3v) is 4.10. The molecule has 0 heterocycles. The van der Waals surface area contributed by atoms with Gasteiger partial charge in [-0.05, 0) is 45.7 Å². The Labute approximate surface area is 156 Å². The number of likely N-dealkylation sites (N-methyl/N-ethyl adjacent to an activating group) is 1. The average molecular weight is 373 g/mol. The Morgan fingerprint density at radius 1 is 0.923 bits per heavy atom. The van der Waals surface area contributed by atoms with Gasteiger partial charge in [0.1, 0.15) is 12.1 Å². The fraction of sp³-hybridized carbons (Fsp3) is 0.833. The zero-order valence-corrected chi connectivity index (χ0v) is 16.9. The molecule has 0 aromatic heterocycles. The molecule has 0 radical (unpaired) electrons. The van der Waals surface area contributed by atoms with Gasteiger partial charge in [-0.2, -0.15) is 0 Å². The Hall–Kier alpha value is -1.67. The molecule has 0 aromatic rings. The molecule has 0 aliphatic heterocycles. The van der Waals surface area contributed by atoms with Gasteiger partial charge in [-0.1, -0.05) is 27.7 Å². The molecular weight excluding hydrogens is 336 g/mol. The van der Waals surface area contributed by atoms with Crippen molar-refractivity contribution in [3.63, 3.8) is 0 Å². The first-order chi connectivity index (χ1) is 12.1. The largest absolute Gasteiger partial charge is 0.480 e. The highest BCUT2D eigenvalue weighted by Gasteiger charge is 2.26. The van der Waals surface area contributed by atoms with E-state index in [0.29, 0.717) is 18.9 Å². The van der Waals surface area contributed by atoms with Crippen LogP contribution in [0.5, 0.6) is 0 Å². The van der Waals surface area contributed by atoms with Crippen LogP contribution in [-0.4, -0.2) is 60.6 Å². The van der Waals surface area contributed by atoms with Crippen molar-refractivity contribution in [1.82, 2.24) is 21.3 Å². The van der Waals surface area contributed by atoms with Gasteiger partial charge in [-0.3, -0.25) is 9.59 Å². The minimum Gasteiger partial charge on any atom is -0.480 e. The van der Waals surface area contributed by atoms with Crippen molar-refractivity contribution in [2.45, 2.75) is 78.0 Å². The topological polar surface area (TPSA) is 120 Å². The molecule has 2 amide bonds. The Morgan fingerprint density at radius 3 is 2.00 bits per heavy atom. The monoisotopic (exact) mass is 372 g/mol. The number of aliphatic carboxylic acids is 1. The maximum atomic E-state index is 12.2. The first-order valence-corrected chi connectivity index (χ1v) is 9.34. The SMILES string of the molecule is CNC(C(=O)N[C@@H](C)C(=O)N[C@@H](CCCCNC(C)C)C(=O)O)C(C)C. The molecular formula is C18H36N4O4. The van der Waals surface area contributed by atoms with E-state index in [0.717, 1.165) is 13.0 Å². The number of carbonyl (C=O) groups excluding carboxylic acids is 2. The molecule has 0 aliphatic rings. The number of unbranched alkanes of at least 4 members (excludes halogenated alkanes) is 1. The molecule has 0 spiro atoms. The number of carbonyl (C=O) groups is 3. The van der Waals surface area contributed by atoms with Crippen LogP contribution in [-0.2, 0) is 14.4 Å². The predicted molar refractivity (Wildman–Crippen MR) is 102 cm³/mol. The van der Waals surface area contributed by atoms with Crippen molar-refractivity contribution in [1.29, 1.82) is 0 Å². The lowest BCUT2D eigenvalue weighted by atomic mass is 10.0. The van der Waals surface area contributed by atoms with Crippen LogP contribution in [0.1, 0.15) is 53.9 Å². The number of rotatable bonds is 13. The van der Waals surface area contributed by atoms with Crippen LogP contribution in [0.4, 0.5) is 0 Å². The molecule has 8 heteroatoms. The van der Waals surface area contributed by atoms with E-state index < -0.39 is 30.0 Å². The Morgan fingerprint density at radius 2 is 1.54 bits per heavy atom. The number of hydrogen-bond acceptors (Lipinski definition) is 5. The summed E-state index contributed by atoms with van der Waals surface area (Å²) in [7, 11) is 1.68. The quantitative estimate of drug-likeness (QED) is 0.300. The fourth-order valence-corrected chi connectivity index (χ4v) is 2.55. The zero-order valence-electron chi connectivity index (χ0n) is 16.9. The van der Waals surface area contributed by atoms with Crippen molar-refractivity contribution in [3.05, 3.63) is 0 Å². The molecule has 1 unspecified atom stereocenters. The van der Waals surface area contributed by atoms with Crippen molar-refractivity contribution >= 4 is 17.8 Å². The summed E-state index contributed by atoms with van der Waals surface area (Å²) in [5.74, 6) is -1.77. The van der Waals surface area contributed by atoms with Crippen molar-refractivity contribution in [3.8, 4) is 0 Å². The molecule has 5 N–H and O–H groups in total. The highest BCUT2D eigenvalue weighted by molar-refractivity contribution is 5.91. The van der Waals surface area contributed by atoms with Crippen molar-refractivity contribution in [2.24, 2.45) is 5.92 Å². The first kappa shape index (κ1) is 24.3. The minimum atomic E-state index is -1.07. The fourth-order valence-electron chi connectivity index (χ4n) is 2.55. The van der Waals surface area contributed by atoms with Gasteiger partial charge in [0.25, 0.3) is 0 Å². The minimum absolute atomic E-state index is 0.0708. The van der Waals surface area contributed by atoms with Gasteiger partial charge < -0.3 is 26.4 Å². The number of carboxylic acids is 1. The predicted octanol–water partition coefficient (Wildman–Crippen LogP) is 0.473. The summed E-state index contributed by atoms with van der Waals surface area (Å²) in [6, 6.07) is -1.77. The van der Waals surface area contributed by atoms with Crippen LogP contribution in [0.25, 0.3) is 0 Å². The molecule has 0 aromatic carbocycles. The summed E-state index contributed by atoms with van der Waals surface area (Å²) < 4.78 is 0. The summed E-state index contributed by atoms with van der Waals surface area (Å²) in [6.07, 6.45) is 1.88. The van der Waals surface area contributed by atoms with Gasteiger partial charge >= 0.3 is 5.97 Å². The van der Waals surface area contributed by atoms with Gasteiger partial charge in [0, 0.05) is 6.04 Å². The smallest absolute Gasteiger partial charge is 0.326 e. The van der Waals surface area contributed by atoms with E-state index in [-0.39, 0.29) is 11.8 Å². The van der Waals surface area contributed by atoms with Crippen LogP contribution in [0.15, 0.2) is 0 Å². The molecule has 0 saturated heterocycles. The number of nitrogens with one attached hydrogen (secondary N) is 4. The first-order valence-electron chi connectivity index (χ1n) is 9.34. The Balaban J connectivity index is 4.47. The van der Waals surface area contributed by atoms with Gasteiger partial charge in [0.15, 0.2) is 0 Å². The second kappa shape index (κ2) is 12.6. The van der Waals surface area contributed by atoms with E-state index >= 15 is 0 Å². The third-order valence-electron chi connectivity index (χ3n) is 4.10. The lowest BCUT2D eigenvalue weighted by Crippen LogP contribution is -2.54. The Bertz CT molecular complexity index is 454. The summed E-state index contributed by atoms with van der Waals surface area (Å²) in [5.41, 5.74) is 0. The number of carboxylic acid groups (broad SMARTS) is 1. The summed E-state index contributed by atoms with van der Waals surface area (Å²) >= 11 is 0. The maximum Gasteiger partial charge on any atom is 0.326 e. The van der Waals surface area contributed by atoms with Crippen LogP contribution in [0.2, 0.25) is 0 Å². The van der Waals surface area contributed by atoms with Crippen LogP contribution < -0.4 is 21.3 Å². The van der Waals surface area contributed by atoms with Gasteiger partial charge in [-0.15, -0.1) is 0 Å². The van der Waals surface area contributed by atoms with E-state index in [2.05, 4.69) is 21.3 Å². The van der Waals surface area contributed by atoms with Gasteiger partial charge in [-0.25, -0.2) is 4.79 Å². The molecule has 0 saturated carbocycles. The number of hydrogen-bond donors (Lipinski definition) is 5. The highest BCUT2D eigenvalue weighted by Crippen LogP contribution is 2.04. The molecule has 0 aliphatic carbocycles. The Kier molecular flexibility index (Phi) is 11.8. The summed E-state index contributed by atoms with van der Waals surface area (Å²) in [4.78, 5) is 35.8. The summed E-state index contributed by atoms with van der Waals surface area (Å²) in [5, 5.41) is 20.6. The lowest BCUT2D eigenvalue weighted by Gasteiger charge is -2.23. The average Bonchev–Trinajstić information content (AvgIpc) is 2.52. The van der Waals surface area contributed by atoms with Crippen molar-refractivity contribution in [2.75, 3.05) is 13.6 Å². The summed E-state index contributed by atoms with van der Waals surface area (Å²) in [6.45, 7) is 10.3. The van der Waals surface area contributed by atoms with E-state index in [9.17, 15) is 19.5 Å². The zero-order chi connectivity index (χ0) is 20.3. The second-order valence-corrected chi connectivity index (χ2v) is 7.24. The molecule has 0 bridgehead atoms. The highest BCUT2D eigenvalue weighted by atomic mass is 16.4. The van der Waals surface area contributed by atoms with E-state index in [1.165, 1.54) is 0 Å². The third kappa shape index (κ3) is 9.72. The standard InChI is InChI=1S/C18H36N4O4/c1-11(2)15(19-6)17(24)21-13(5)16(23)22-14(18(25)26)9-7-8-10-20-12(3)4/h11-15,19-20H,7-10H2,1-6H3,(H,21,24)(H,22,23)(H,25,26)/t13-,14-,15?/m0/s1. The van der Waals surface area contributed by atoms with E-state index in [1.807, 2.05) is 27.7 Å². The second-order valence-electron chi connectivity index (χ2n) is 7.24. The molecule has 8 nitrogen and oxygen atoms in total. The van der Waals surface area contributed by atoms with E-state index in [1.54, 1.807) is 14.0 Å².